The largest absolute Gasteiger partial charge is 0.493 e. The average molecular weight is 244 g/mol. The maximum Gasteiger partial charge on any atom is 0.119 e. The van der Waals surface area contributed by atoms with Gasteiger partial charge in [0.2, 0.25) is 0 Å². The van der Waals surface area contributed by atoms with Gasteiger partial charge in [-0.05, 0) is 55.9 Å². The quantitative estimate of drug-likeness (QED) is 0.885. The normalized spacial score (nSPS) is 17.4. The molecule has 18 heavy (non-hydrogen) atoms. The highest BCUT2D eigenvalue weighted by molar-refractivity contribution is 5.37. The van der Waals surface area contributed by atoms with E-state index in [4.69, 9.17) is 15.7 Å². The van der Waals surface area contributed by atoms with Crippen molar-refractivity contribution in [1.29, 1.82) is 5.26 Å². The van der Waals surface area contributed by atoms with Crippen LogP contribution in [-0.2, 0) is 12.8 Å². The molecule has 0 saturated carbocycles. The molecule has 0 bridgehead atoms. The van der Waals surface area contributed by atoms with Crippen molar-refractivity contribution >= 4 is 0 Å². The molecule has 0 amide bonds. The van der Waals surface area contributed by atoms with Crippen molar-refractivity contribution in [2.24, 2.45) is 5.73 Å². The van der Waals surface area contributed by atoms with Crippen molar-refractivity contribution in [3.8, 4) is 11.8 Å². The first kappa shape index (κ1) is 12.9. The van der Waals surface area contributed by atoms with E-state index < -0.39 is 5.54 Å². The minimum absolute atomic E-state index is 0.485. The zero-order chi connectivity index (χ0) is 13.0. The van der Waals surface area contributed by atoms with Crippen LogP contribution >= 0.6 is 0 Å². The van der Waals surface area contributed by atoms with Gasteiger partial charge < -0.3 is 10.5 Å². The average Bonchev–Trinajstić information content (AvgIpc) is 2.38. The number of fused-ring (bicyclic) bond motifs is 1. The standard InChI is InChI=1S/C15H20N2O/c1-15(17,11-16)8-9-18-14-7-6-12-4-2-3-5-13(12)10-14/h6-7,10H,2-5,8-9,17H2,1H3. The van der Waals surface area contributed by atoms with E-state index >= 15 is 0 Å². The van der Waals surface area contributed by atoms with E-state index in [0.29, 0.717) is 13.0 Å². The molecule has 0 spiro atoms. The maximum atomic E-state index is 8.82. The number of benzene rings is 1. The van der Waals surface area contributed by atoms with Gasteiger partial charge >= 0.3 is 0 Å². The van der Waals surface area contributed by atoms with Gasteiger partial charge in [0.05, 0.1) is 12.7 Å². The predicted molar refractivity (Wildman–Crippen MR) is 71.4 cm³/mol. The summed E-state index contributed by atoms with van der Waals surface area (Å²) >= 11 is 0. The molecule has 1 aromatic rings. The molecule has 3 nitrogen and oxygen atoms in total. The van der Waals surface area contributed by atoms with Crippen molar-refractivity contribution in [3.05, 3.63) is 29.3 Å². The van der Waals surface area contributed by atoms with Gasteiger partial charge in [-0.25, -0.2) is 0 Å². The summed E-state index contributed by atoms with van der Waals surface area (Å²) in [6, 6.07) is 8.39. The van der Waals surface area contributed by atoms with Crippen LogP contribution in [0.5, 0.6) is 5.75 Å². The molecular formula is C15H20N2O. The first-order valence-corrected chi connectivity index (χ1v) is 6.55. The highest BCUT2D eigenvalue weighted by Gasteiger charge is 2.17. The second-order valence-corrected chi connectivity index (χ2v) is 5.27. The molecule has 2 rings (SSSR count). The minimum Gasteiger partial charge on any atom is -0.493 e. The molecule has 1 atom stereocenters. The number of nitrogens with two attached hydrogens (primary N) is 1. The summed E-state index contributed by atoms with van der Waals surface area (Å²) in [6.45, 7) is 2.21. The lowest BCUT2D eigenvalue weighted by Crippen LogP contribution is -2.35. The summed E-state index contributed by atoms with van der Waals surface area (Å²) in [5.41, 5.74) is 7.82. The van der Waals surface area contributed by atoms with E-state index in [1.165, 1.54) is 30.4 Å². The Bertz CT molecular complexity index is 460. The summed E-state index contributed by atoms with van der Waals surface area (Å²) in [5.74, 6) is 0.893. The van der Waals surface area contributed by atoms with Gasteiger partial charge in [-0.2, -0.15) is 5.26 Å². The van der Waals surface area contributed by atoms with Crippen LogP contribution in [0.4, 0.5) is 0 Å². The Morgan fingerprint density at radius 1 is 1.33 bits per heavy atom. The van der Waals surface area contributed by atoms with Crippen LogP contribution in [0.2, 0.25) is 0 Å². The van der Waals surface area contributed by atoms with E-state index in [-0.39, 0.29) is 0 Å². The number of hydrogen-bond acceptors (Lipinski definition) is 3. The fourth-order valence-electron chi connectivity index (χ4n) is 2.24. The Hall–Kier alpha value is -1.53. The molecule has 1 unspecified atom stereocenters. The van der Waals surface area contributed by atoms with Gasteiger partial charge in [0.15, 0.2) is 0 Å². The smallest absolute Gasteiger partial charge is 0.119 e. The Kier molecular flexibility index (Phi) is 3.88. The van der Waals surface area contributed by atoms with Crippen molar-refractivity contribution in [2.75, 3.05) is 6.61 Å². The first-order valence-electron chi connectivity index (χ1n) is 6.55. The predicted octanol–water partition coefficient (Wildman–Crippen LogP) is 2.58. The molecule has 1 aliphatic carbocycles. The van der Waals surface area contributed by atoms with Crippen LogP contribution in [0.15, 0.2) is 18.2 Å². The van der Waals surface area contributed by atoms with E-state index in [9.17, 15) is 0 Å². The Morgan fingerprint density at radius 3 is 2.78 bits per heavy atom. The third-order valence-electron chi connectivity index (χ3n) is 3.47. The van der Waals surface area contributed by atoms with E-state index in [1.807, 2.05) is 6.07 Å². The van der Waals surface area contributed by atoms with Crippen LogP contribution in [0.25, 0.3) is 0 Å². The van der Waals surface area contributed by atoms with Gasteiger partial charge in [0, 0.05) is 6.42 Å². The Balaban J connectivity index is 1.93. The summed E-state index contributed by atoms with van der Waals surface area (Å²) in [7, 11) is 0. The molecule has 0 heterocycles. The van der Waals surface area contributed by atoms with Gasteiger partial charge in [-0.3, -0.25) is 0 Å². The van der Waals surface area contributed by atoms with E-state index in [0.717, 1.165) is 12.2 Å². The summed E-state index contributed by atoms with van der Waals surface area (Å²) in [4.78, 5) is 0. The Morgan fingerprint density at radius 2 is 2.06 bits per heavy atom. The number of hydrogen-bond donors (Lipinski definition) is 1. The molecule has 0 saturated heterocycles. The molecule has 2 N–H and O–H groups in total. The SMILES string of the molecule is CC(N)(C#N)CCOc1ccc2c(c1)CCCC2. The topological polar surface area (TPSA) is 59.0 Å². The highest BCUT2D eigenvalue weighted by atomic mass is 16.5. The third-order valence-corrected chi connectivity index (χ3v) is 3.47. The lowest BCUT2D eigenvalue weighted by molar-refractivity contribution is 0.286. The maximum absolute atomic E-state index is 8.82. The van der Waals surface area contributed by atoms with Crippen LogP contribution in [-0.4, -0.2) is 12.1 Å². The second-order valence-electron chi connectivity index (χ2n) is 5.27. The number of rotatable bonds is 4. The second kappa shape index (κ2) is 5.41. The van der Waals surface area contributed by atoms with Crippen molar-refractivity contribution in [2.45, 2.75) is 44.6 Å². The molecule has 0 fully saturated rings. The van der Waals surface area contributed by atoms with Crippen LogP contribution in [0.3, 0.4) is 0 Å². The molecule has 0 radical (unpaired) electrons. The van der Waals surface area contributed by atoms with Crippen molar-refractivity contribution < 1.29 is 4.74 Å². The van der Waals surface area contributed by atoms with E-state index in [2.05, 4.69) is 18.2 Å². The van der Waals surface area contributed by atoms with Gasteiger partial charge in [0.25, 0.3) is 0 Å². The number of nitrogens with zero attached hydrogens (tertiary/aromatic N) is 1. The fraction of sp³-hybridized carbons (Fsp3) is 0.533. The third kappa shape index (κ3) is 3.24. The van der Waals surface area contributed by atoms with Gasteiger partial charge in [-0.1, -0.05) is 6.07 Å². The molecular weight excluding hydrogens is 224 g/mol. The monoisotopic (exact) mass is 244 g/mol. The lowest BCUT2D eigenvalue weighted by atomic mass is 9.92. The first-order chi connectivity index (χ1) is 8.61. The minimum atomic E-state index is -0.797. The molecule has 0 aromatic heterocycles. The molecule has 0 aliphatic heterocycles. The number of nitriles is 1. The molecule has 1 aromatic carbocycles. The molecule has 1 aliphatic rings. The Labute approximate surface area is 109 Å². The zero-order valence-electron chi connectivity index (χ0n) is 10.9. The zero-order valence-corrected chi connectivity index (χ0v) is 10.9. The van der Waals surface area contributed by atoms with E-state index in [1.54, 1.807) is 6.92 Å². The van der Waals surface area contributed by atoms with Gasteiger partial charge in [0.1, 0.15) is 11.3 Å². The highest BCUT2D eigenvalue weighted by Crippen LogP contribution is 2.25. The number of ether oxygens (including phenoxy) is 1. The fourth-order valence-corrected chi connectivity index (χ4v) is 2.24. The number of aryl methyl sites for hydroxylation is 2. The van der Waals surface area contributed by atoms with Crippen molar-refractivity contribution in [3.63, 3.8) is 0 Å². The molecule has 96 valence electrons. The summed E-state index contributed by atoms with van der Waals surface area (Å²) < 4.78 is 5.68. The summed E-state index contributed by atoms with van der Waals surface area (Å²) in [6.07, 6.45) is 5.44. The lowest BCUT2D eigenvalue weighted by Gasteiger charge is -2.18. The van der Waals surface area contributed by atoms with Crippen molar-refractivity contribution in [1.82, 2.24) is 0 Å². The van der Waals surface area contributed by atoms with Crippen LogP contribution in [0.1, 0.15) is 37.3 Å². The molecule has 3 heteroatoms. The van der Waals surface area contributed by atoms with Crippen LogP contribution < -0.4 is 10.5 Å². The van der Waals surface area contributed by atoms with Crippen LogP contribution in [0, 0.1) is 11.3 Å². The van der Waals surface area contributed by atoms with Gasteiger partial charge in [-0.15, -0.1) is 0 Å². The summed E-state index contributed by atoms with van der Waals surface area (Å²) in [5, 5.41) is 8.82.